The topological polar surface area (TPSA) is 64.4 Å². The highest BCUT2D eigenvalue weighted by molar-refractivity contribution is 5.92. The van der Waals surface area contributed by atoms with Gasteiger partial charge in [0.2, 0.25) is 0 Å². The Morgan fingerprint density at radius 1 is 1.00 bits per heavy atom. The van der Waals surface area contributed by atoms with Crippen LogP contribution in [0.5, 0.6) is 17.2 Å². The van der Waals surface area contributed by atoms with Crippen LogP contribution in [-0.4, -0.2) is 25.8 Å². The molecule has 132 valence electrons. The molecule has 0 saturated heterocycles. The number of nitriles is 1. The number of aromatic nitrogens is 1. The highest BCUT2D eigenvalue weighted by Gasteiger charge is 2.13. The number of ether oxygens (including phenoxy) is 3. The highest BCUT2D eigenvalue weighted by Crippen LogP contribution is 2.37. The lowest BCUT2D eigenvalue weighted by Crippen LogP contribution is -2.00. The fourth-order valence-corrected chi connectivity index (χ4v) is 2.73. The van der Waals surface area contributed by atoms with E-state index in [1.165, 1.54) is 0 Å². The molecule has 0 unspecified atom stereocenters. The molecule has 1 aromatic heterocycles. The maximum absolute atomic E-state index is 8.73. The summed E-state index contributed by atoms with van der Waals surface area (Å²) in [6.45, 7) is 0.474. The molecule has 3 rings (SSSR count). The minimum atomic E-state index is 0.467. The van der Waals surface area contributed by atoms with Gasteiger partial charge in [0.1, 0.15) is 17.2 Å². The normalized spacial score (nSPS) is 10.3. The number of rotatable bonds is 7. The third-order valence-corrected chi connectivity index (χ3v) is 4.11. The smallest absolute Gasteiger partial charge is 0.138 e. The predicted molar refractivity (Wildman–Crippen MR) is 101 cm³/mol. The lowest BCUT2D eigenvalue weighted by atomic mass is 10.0. The molecule has 5 heteroatoms. The zero-order valence-corrected chi connectivity index (χ0v) is 14.9. The molecule has 0 atom stereocenters. The van der Waals surface area contributed by atoms with Gasteiger partial charge in [-0.15, -0.1) is 0 Å². The first-order chi connectivity index (χ1) is 12.8. The molecule has 0 radical (unpaired) electrons. The average Bonchev–Trinajstić information content (AvgIpc) is 2.70. The van der Waals surface area contributed by atoms with Gasteiger partial charge in [-0.05, 0) is 36.2 Å². The molecule has 3 aromatic rings. The zero-order valence-electron chi connectivity index (χ0n) is 14.9. The molecule has 0 N–H and O–H groups in total. The number of hydrogen-bond acceptors (Lipinski definition) is 5. The Kier molecular flexibility index (Phi) is 5.55. The third kappa shape index (κ3) is 3.70. The summed E-state index contributed by atoms with van der Waals surface area (Å²) in [6, 6.07) is 15.7. The second-order valence-corrected chi connectivity index (χ2v) is 5.72. The molecule has 0 bridgehead atoms. The first kappa shape index (κ1) is 17.6. The van der Waals surface area contributed by atoms with Gasteiger partial charge in [-0.3, -0.25) is 4.98 Å². The maximum Gasteiger partial charge on any atom is 0.138 e. The van der Waals surface area contributed by atoms with E-state index in [1.54, 1.807) is 14.2 Å². The molecule has 5 nitrogen and oxygen atoms in total. The van der Waals surface area contributed by atoms with Crippen molar-refractivity contribution in [3.63, 3.8) is 0 Å². The van der Waals surface area contributed by atoms with Crippen LogP contribution < -0.4 is 14.2 Å². The summed E-state index contributed by atoms with van der Waals surface area (Å²) >= 11 is 0. The molecule has 0 saturated carbocycles. The highest BCUT2D eigenvalue weighted by atomic mass is 16.5. The zero-order chi connectivity index (χ0) is 18.4. The van der Waals surface area contributed by atoms with Crippen LogP contribution in [0.1, 0.15) is 12.8 Å². The van der Waals surface area contributed by atoms with Crippen molar-refractivity contribution in [2.24, 2.45) is 0 Å². The summed E-state index contributed by atoms with van der Waals surface area (Å²) in [5.41, 5.74) is 2.70. The molecular formula is C21H20N2O3. The Morgan fingerprint density at radius 2 is 1.73 bits per heavy atom. The van der Waals surface area contributed by atoms with E-state index >= 15 is 0 Å². The summed E-state index contributed by atoms with van der Waals surface area (Å²) in [7, 11) is 3.27. The summed E-state index contributed by atoms with van der Waals surface area (Å²) < 4.78 is 16.6. The summed E-state index contributed by atoms with van der Waals surface area (Å²) in [5, 5.41) is 9.65. The molecule has 1 heterocycles. The van der Waals surface area contributed by atoms with Crippen molar-refractivity contribution in [2.45, 2.75) is 12.8 Å². The van der Waals surface area contributed by atoms with Crippen molar-refractivity contribution < 1.29 is 14.2 Å². The SMILES string of the molecule is COc1ccc(-c2cnc3cc(OC)ccc3c2OCCCC#N)cc1. The van der Waals surface area contributed by atoms with Gasteiger partial charge in [-0.25, -0.2) is 0 Å². The Labute approximate surface area is 152 Å². The number of unbranched alkanes of at least 4 members (excludes halogenated alkanes) is 1. The van der Waals surface area contributed by atoms with Crippen LogP contribution in [0.3, 0.4) is 0 Å². The van der Waals surface area contributed by atoms with Crippen molar-refractivity contribution in [3.05, 3.63) is 48.7 Å². The third-order valence-electron chi connectivity index (χ3n) is 4.11. The molecular weight excluding hydrogens is 328 g/mol. The van der Waals surface area contributed by atoms with Crippen LogP contribution in [0.2, 0.25) is 0 Å². The summed E-state index contributed by atoms with van der Waals surface area (Å²) in [5.74, 6) is 2.31. The standard InChI is InChI=1S/C21H20N2O3/c1-24-16-7-5-15(6-8-16)19-14-23-20-13-17(25-2)9-10-18(20)21(19)26-12-4-3-11-22/h5-10,13-14H,3-4,12H2,1-2H3. The molecule has 26 heavy (non-hydrogen) atoms. The fourth-order valence-electron chi connectivity index (χ4n) is 2.73. The van der Waals surface area contributed by atoms with E-state index in [-0.39, 0.29) is 0 Å². The molecule has 0 amide bonds. The number of benzene rings is 2. The number of hydrogen-bond donors (Lipinski definition) is 0. The van der Waals surface area contributed by atoms with Crippen LogP contribution >= 0.6 is 0 Å². The van der Waals surface area contributed by atoms with Gasteiger partial charge < -0.3 is 14.2 Å². The predicted octanol–water partition coefficient (Wildman–Crippen LogP) is 4.60. The average molecular weight is 348 g/mol. The van der Waals surface area contributed by atoms with E-state index in [1.807, 2.05) is 48.7 Å². The van der Waals surface area contributed by atoms with E-state index in [0.29, 0.717) is 19.4 Å². The van der Waals surface area contributed by atoms with Crippen LogP contribution in [-0.2, 0) is 0 Å². The first-order valence-electron chi connectivity index (χ1n) is 8.37. The van der Waals surface area contributed by atoms with Crippen LogP contribution in [0.4, 0.5) is 0 Å². The molecule has 0 fully saturated rings. The number of fused-ring (bicyclic) bond motifs is 1. The maximum atomic E-state index is 8.73. The minimum Gasteiger partial charge on any atom is -0.497 e. The number of nitrogens with zero attached hydrogens (tertiary/aromatic N) is 2. The molecule has 0 spiro atoms. The van der Waals surface area contributed by atoms with Crippen LogP contribution in [0.15, 0.2) is 48.7 Å². The lowest BCUT2D eigenvalue weighted by molar-refractivity contribution is 0.317. The van der Waals surface area contributed by atoms with Gasteiger partial charge in [-0.2, -0.15) is 5.26 Å². The van der Waals surface area contributed by atoms with Crippen LogP contribution in [0, 0.1) is 11.3 Å². The van der Waals surface area contributed by atoms with Gasteiger partial charge in [0.15, 0.2) is 0 Å². The summed E-state index contributed by atoms with van der Waals surface area (Å²) in [6.07, 6.45) is 2.95. The molecule has 2 aromatic carbocycles. The number of pyridine rings is 1. The monoisotopic (exact) mass is 348 g/mol. The van der Waals surface area contributed by atoms with E-state index in [2.05, 4.69) is 11.1 Å². The van der Waals surface area contributed by atoms with Gasteiger partial charge in [0.05, 0.1) is 32.4 Å². The quantitative estimate of drug-likeness (QED) is 0.584. The molecule has 0 aliphatic rings. The van der Waals surface area contributed by atoms with E-state index < -0.39 is 0 Å². The van der Waals surface area contributed by atoms with Crippen molar-refractivity contribution in [1.82, 2.24) is 4.98 Å². The van der Waals surface area contributed by atoms with E-state index in [0.717, 1.165) is 39.3 Å². The Morgan fingerprint density at radius 3 is 2.42 bits per heavy atom. The molecule has 0 aliphatic heterocycles. The largest absolute Gasteiger partial charge is 0.497 e. The summed E-state index contributed by atoms with van der Waals surface area (Å²) in [4.78, 5) is 4.57. The second-order valence-electron chi connectivity index (χ2n) is 5.72. The Bertz CT molecular complexity index is 930. The van der Waals surface area contributed by atoms with Gasteiger partial charge >= 0.3 is 0 Å². The van der Waals surface area contributed by atoms with Crippen molar-refractivity contribution in [1.29, 1.82) is 5.26 Å². The van der Waals surface area contributed by atoms with Crippen molar-refractivity contribution in [2.75, 3.05) is 20.8 Å². The van der Waals surface area contributed by atoms with Gasteiger partial charge in [-0.1, -0.05) is 12.1 Å². The van der Waals surface area contributed by atoms with E-state index in [9.17, 15) is 0 Å². The Hall–Kier alpha value is -3.26. The van der Waals surface area contributed by atoms with Crippen molar-refractivity contribution in [3.8, 4) is 34.4 Å². The van der Waals surface area contributed by atoms with Crippen LogP contribution in [0.25, 0.3) is 22.0 Å². The second kappa shape index (κ2) is 8.21. The van der Waals surface area contributed by atoms with Gasteiger partial charge in [0, 0.05) is 29.6 Å². The minimum absolute atomic E-state index is 0.467. The first-order valence-corrected chi connectivity index (χ1v) is 8.37. The Balaban J connectivity index is 2.06. The molecule has 0 aliphatic carbocycles. The van der Waals surface area contributed by atoms with Crippen molar-refractivity contribution >= 4 is 10.9 Å². The lowest BCUT2D eigenvalue weighted by Gasteiger charge is -2.15. The van der Waals surface area contributed by atoms with Gasteiger partial charge in [0.25, 0.3) is 0 Å². The number of methoxy groups -OCH3 is 2. The fraction of sp³-hybridized carbons (Fsp3) is 0.238. The van der Waals surface area contributed by atoms with E-state index in [4.69, 9.17) is 19.5 Å².